The first-order chi connectivity index (χ1) is 25.5. The van der Waals surface area contributed by atoms with Crippen LogP contribution >= 0.6 is 11.3 Å². The Morgan fingerprint density at radius 3 is 2.57 bits per heavy atom. The summed E-state index contributed by atoms with van der Waals surface area (Å²) >= 11 is 1.40. The summed E-state index contributed by atoms with van der Waals surface area (Å²) in [7, 11) is -3.64. The number of fused-ring (bicyclic) bond motifs is 1. The Kier molecular flexibility index (Phi) is 11.4. The standard InChI is InChI=1S/C38H51FN6O7S2/c1-37(2,3)31-22-53-35(42-31)41-29(14-9-7-5-6-8-11-23-17-26(23)33(47)43-54(50,51)38(4)15-16-38)34(48)45-20-25(18-30(45)32(40)46)52-36(49)44-19-24-12-10-13-28(39)27(24)21-44/h8,10-13,22-23,25-26,29-30H,5-7,9,14-21H2,1-4H3,(H2,40,46)(H,41,42)(H,43,47)/b11-8-/t23-,25-,26?,29+,30+/m1/s1. The molecule has 4 amide bonds. The summed E-state index contributed by atoms with van der Waals surface area (Å²) < 4.78 is 46.3. The fourth-order valence-corrected chi connectivity index (χ4v) is 9.27. The number of rotatable bonds is 15. The topological polar surface area (TPSA) is 181 Å². The van der Waals surface area contributed by atoms with Crippen LogP contribution in [0, 0.1) is 17.7 Å². The average molecular weight is 787 g/mol. The number of primary amides is 1. The van der Waals surface area contributed by atoms with E-state index in [1.54, 1.807) is 19.1 Å². The van der Waals surface area contributed by atoms with Gasteiger partial charge in [-0.05, 0) is 63.0 Å². The number of carbonyl (C=O) groups is 4. The van der Waals surface area contributed by atoms with Gasteiger partial charge in [-0.3, -0.25) is 24.0 Å². The first-order valence-electron chi connectivity index (χ1n) is 18.7. The second-order valence-electron chi connectivity index (χ2n) is 16.4. The minimum atomic E-state index is -3.64. The Bertz CT molecular complexity index is 1910. The number of amides is 4. The largest absolute Gasteiger partial charge is 0.444 e. The molecular formula is C38H51FN6O7S2. The second-order valence-corrected chi connectivity index (χ2v) is 19.4. The molecule has 2 saturated carbocycles. The number of anilines is 1. The lowest BCUT2D eigenvalue weighted by Gasteiger charge is -2.27. The molecule has 1 saturated heterocycles. The number of nitrogens with zero attached hydrogens (tertiary/aromatic N) is 3. The van der Waals surface area contributed by atoms with Crippen molar-refractivity contribution in [1.82, 2.24) is 19.5 Å². The summed E-state index contributed by atoms with van der Waals surface area (Å²) in [6.07, 6.45) is 8.00. The molecule has 6 rings (SSSR count). The lowest BCUT2D eigenvalue weighted by Crippen LogP contribution is -2.49. The van der Waals surface area contributed by atoms with E-state index in [2.05, 4.69) is 30.8 Å². The summed E-state index contributed by atoms with van der Waals surface area (Å²) in [5.74, 6) is -2.12. The number of unbranched alkanes of at least 4 members (excludes halogenated alkanes) is 3. The van der Waals surface area contributed by atoms with Crippen molar-refractivity contribution in [2.45, 2.75) is 127 Å². The van der Waals surface area contributed by atoms with Gasteiger partial charge in [0.05, 0.1) is 23.5 Å². The van der Waals surface area contributed by atoms with Gasteiger partial charge in [-0.2, -0.15) is 0 Å². The zero-order valence-electron chi connectivity index (χ0n) is 31.3. The first kappa shape index (κ1) is 39.6. The van der Waals surface area contributed by atoms with Crippen LogP contribution in [0.2, 0.25) is 0 Å². The number of nitrogens with one attached hydrogen (secondary N) is 2. The van der Waals surface area contributed by atoms with Gasteiger partial charge in [0.15, 0.2) is 5.13 Å². The van der Waals surface area contributed by atoms with Crippen LogP contribution in [0.15, 0.2) is 35.7 Å². The van der Waals surface area contributed by atoms with E-state index in [9.17, 15) is 32.0 Å². The van der Waals surface area contributed by atoms with Gasteiger partial charge < -0.3 is 20.7 Å². The van der Waals surface area contributed by atoms with Gasteiger partial charge in [-0.25, -0.2) is 22.6 Å². The molecule has 2 aromatic rings. The molecule has 3 heterocycles. The van der Waals surface area contributed by atoms with E-state index >= 15 is 0 Å². The minimum absolute atomic E-state index is 0.00710. The Hall–Kier alpha value is -4.05. The lowest BCUT2D eigenvalue weighted by atomic mass is 9.93. The van der Waals surface area contributed by atoms with E-state index in [0.717, 1.165) is 25.0 Å². The van der Waals surface area contributed by atoms with Crippen molar-refractivity contribution in [1.29, 1.82) is 0 Å². The van der Waals surface area contributed by atoms with Crippen LogP contribution in [0.25, 0.3) is 0 Å². The van der Waals surface area contributed by atoms with Crippen molar-refractivity contribution in [3.05, 3.63) is 58.4 Å². The molecule has 4 aliphatic rings. The number of ether oxygens (including phenoxy) is 1. The first-order valence-corrected chi connectivity index (χ1v) is 21.1. The summed E-state index contributed by atoms with van der Waals surface area (Å²) in [5.41, 5.74) is 7.63. The van der Waals surface area contributed by atoms with Crippen LogP contribution in [-0.2, 0) is 47.6 Å². The van der Waals surface area contributed by atoms with E-state index in [1.165, 1.54) is 27.2 Å². The molecule has 16 heteroatoms. The fourth-order valence-electron chi connectivity index (χ4n) is 6.98. The highest BCUT2D eigenvalue weighted by atomic mass is 32.2. The number of nitrogens with two attached hydrogens (primary N) is 1. The Morgan fingerprint density at radius 2 is 1.91 bits per heavy atom. The molecule has 294 valence electrons. The maximum absolute atomic E-state index is 14.3. The van der Waals surface area contributed by atoms with E-state index < -0.39 is 50.9 Å². The molecule has 2 aliphatic carbocycles. The number of sulfonamides is 1. The number of benzene rings is 1. The number of thiazole rings is 1. The highest BCUT2D eigenvalue weighted by Gasteiger charge is 2.52. The molecule has 0 bridgehead atoms. The molecule has 0 spiro atoms. The number of likely N-dealkylation sites (tertiary alicyclic amines) is 1. The van der Waals surface area contributed by atoms with E-state index in [-0.39, 0.29) is 55.0 Å². The number of carbonyl (C=O) groups excluding carboxylic acids is 4. The number of halogens is 1. The van der Waals surface area contributed by atoms with Crippen LogP contribution in [0.4, 0.5) is 14.3 Å². The van der Waals surface area contributed by atoms with Gasteiger partial charge in [0.25, 0.3) is 0 Å². The molecule has 3 fully saturated rings. The van der Waals surface area contributed by atoms with Gasteiger partial charge in [0.2, 0.25) is 27.7 Å². The van der Waals surface area contributed by atoms with Crippen molar-refractivity contribution < 1.29 is 36.7 Å². The van der Waals surface area contributed by atoms with E-state index in [4.69, 9.17) is 15.5 Å². The molecule has 54 heavy (non-hydrogen) atoms. The molecule has 0 radical (unpaired) electrons. The molecule has 1 aromatic heterocycles. The van der Waals surface area contributed by atoms with Crippen molar-refractivity contribution in [2.75, 3.05) is 11.9 Å². The van der Waals surface area contributed by atoms with Crippen LogP contribution < -0.4 is 15.8 Å². The number of allylic oxidation sites excluding steroid dienone is 2. The summed E-state index contributed by atoms with van der Waals surface area (Å²) in [6, 6.07) is 3.03. The zero-order chi connectivity index (χ0) is 39.0. The highest BCUT2D eigenvalue weighted by Crippen LogP contribution is 2.44. The molecule has 1 unspecified atom stereocenters. The maximum atomic E-state index is 14.3. The molecule has 2 aliphatic heterocycles. The van der Waals surface area contributed by atoms with Gasteiger partial charge in [-0.1, -0.05) is 57.9 Å². The van der Waals surface area contributed by atoms with Crippen LogP contribution in [-0.4, -0.2) is 76.5 Å². The minimum Gasteiger partial charge on any atom is -0.444 e. The SMILES string of the molecule is CC(C)(C)c1csc(N[C@@H](CCCCC/C=C\[C@@H]2CC2C(=O)NS(=O)(=O)C2(C)CC2)C(=O)N2C[C@H](OC(=O)N3Cc4cccc(F)c4C3)C[C@H]2C(N)=O)n1. The van der Waals surface area contributed by atoms with E-state index in [1.807, 2.05) is 17.5 Å². The second kappa shape index (κ2) is 15.6. The third kappa shape index (κ3) is 9.07. The predicted octanol–water partition coefficient (Wildman–Crippen LogP) is 5.11. The molecule has 13 nitrogen and oxygen atoms in total. The number of hydrogen-bond acceptors (Lipinski definition) is 10. The van der Waals surface area contributed by atoms with Crippen LogP contribution in [0.1, 0.15) is 102 Å². The number of aromatic nitrogens is 1. The third-order valence-corrected chi connectivity index (χ3v) is 13.9. The molecule has 5 atom stereocenters. The van der Waals surface area contributed by atoms with Crippen molar-refractivity contribution >= 4 is 50.3 Å². The van der Waals surface area contributed by atoms with Gasteiger partial charge in [0, 0.05) is 35.2 Å². The predicted molar refractivity (Wildman–Crippen MR) is 202 cm³/mol. The average Bonchev–Trinajstić information content (AvgIpc) is 3.83. The van der Waals surface area contributed by atoms with Gasteiger partial charge in [-0.15, -0.1) is 11.3 Å². The zero-order valence-corrected chi connectivity index (χ0v) is 32.9. The molecule has 4 N–H and O–H groups in total. The smallest absolute Gasteiger partial charge is 0.410 e. The Morgan fingerprint density at radius 1 is 1.15 bits per heavy atom. The van der Waals surface area contributed by atoms with Crippen LogP contribution in [0.5, 0.6) is 0 Å². The van der Waals surface area contributed by atoms with E-state index in [0.29, 0.717) is 48.4 Å². The molecule has 1 aromatic carbocycles. The maximum Gasteiger partial charge on any atom is 0.410 e. The highest BCUT2D eigenvalue weighted by molar-refractivity contribution is 7.91. The summed E-state index contributed by atoms with van der Waals surface area (Å²) in [5, 5.41) is 5.85. The monoisotopic (exact) mass is 786 g/mol. The quantitative estimate of drug-likeness (QED) is 0.163. The Labute approximate surface area is 320 Å². The Balaban J connectivity index is 1.02. The van der Waals surface area contributed by atoms with Crippen molar-refractivity contribution in [3.63, 3.8) is 0 Å². The van der Waals surface area contributed by atoms with Crippen LogP contribution in [0.3, 0.4) is 0 Å². The van der Waals surface area contributed by atoms with Crippen molar-refractivity contribution in [3.8, 4) is 0 Å². The lowest BCUT2D eigenvalue weighted by molar-refractivity contribution is -0.138. The third-order valence-electron chi connectivity index (χ3n) is 11.0. The normalized spacial score (nSPS) is 23.6. The van der Waals surface area contributed by atoms with Crippen molar-refractivity contribution in [2.24, 2.45) is 17.6 Å². The van der Waals surface area contributed by atoms with Gasteiger partial charge >= 0.3 is 6.09 Å². The summed E-state index contributed by atoms with van der Waals surface area (Å²) in [6.45, 7) is 8.10. The number of hydrogen-bond donors (Lipinski definition) is 3. The summed E-state index contributed by atoms with van der Waals surface area (Å²) in [4.78, 5) is 59.9. The molecular weight excluding hydrogens is 736 g/mol. The fraction of sp³-hybridized carbons (Fsp3) is 0.605. The van der Waals surface area contributed by atoms with Gasteiger partial charge in [0.1, 0.15) is 24.0 Å².